The van der Waals surface area contributed by atoms with Gasteiger partial charge in [-0.25, -0.2) is 4.39 Å². The number of aromatic amines is 1. The van der Waals surface area contributed by atoms with Gasteiger partial charge in [-0.3, -0.25) is 5.10 Å². The van der Waals surface area contributed by atoms with Crippen LogP contribution in [0.2, 0.25) is 0 Å². The van der Waals surface area contributed by atoms with Gasteiger partial charge in [0.1, 0.15) is 5.69 Å². The number of anilines is 1. The molecule has 15 heavy (non-hydrogen) atoms. The lowest BCUT2D eigenvalue weighted by atomic mass is 10.1. The first-order chi connectivity index (χ1) is 7.09. The SMILES string of the molecule is Cc1cc(-c2[nH]nc(N)c2F)c(C)nn1. The van der Waals surface area contributed by atoms with Crippen molar-refractivity contribution in [2.75, 3.05) is 5.73 Å². The highest BCUT2D eigenvalue weighted by molar-refractivity contribution is 5.65. The minimum absolute atomic E-state index is 0.140. The van der Waals surface area contributed by atoms with Gasteiger partial charge in [-0.2, -0.15) is 15.3 Å². The lowest BCUT2D eigenvalue weighted by Crippen LogP contribution is -1.95. The molecule has 2 rings (SSSR count). The Bertz CT molecular complexity index is 505. The van der Waals surface area contributed by atoms with Gasteiger partial charge in [0.05, 0.1) is 11.4 Å². The van der Waals surface area contributed by atoms with Crippen molar-refractivity contribution in [2.24, 2.45) is 0 Å². The molecule has 0 radical (unpaired) electrons. The van der Waals surface area contributed by atoms with Crippen LogP contribution in [0, 0.1) is 19.7 Å². The number of rotatable bonds is 1. The Balaban J connectivity index is 2.63. The molecule has 0 aromatic carbocycles. The number of hydrogen-bond donors (Lipinski definition) is 2. The van der Waals surface area contributed by atoms with Crippen LogP contribution in [0.25, 0.3) is 11.3 Å². The number of aromatic nitrogens is 4. The fourth-order valence-corrected chi connectivity index (χ4v) is 1.32. The first-order valence-corrected chi connectivity index (χ1v) is 4.40. The van der Waals surface area contributed by atoms with Crippen molar-refractivity contribution in [3.05, 3.63) is 23.3 Å². The van der Waals surface area contributed by atoms with Gasteiger partial charge in [-0.15, -0.1) is 0 Å². The number of nitrogen functional groups attached to an aromatic ring is 1. The van der Waals surface area contributed by atoms with E-state index in [9.17, 15) is 4.39 Å². The van der Waals surface area contributed by atoms with Crippen molar-refractivity contribution in [2.45, 2.75) is 13.8 Å². The largest absolute Gasteiger partial charge is 0.380 e. The van der Waals surface area contributed by atoms with Gasteiger partial charge in [-0.05, 0) is 19.9 Å². The summed E-state index contributed by atoms with van der Waals surface area (Å²) in [7, 11) is 0. The summed E-state index contributed by atoms with van der Waals surface area (Å²) in [5, 5.41) is 13.9. The number of nitrogens with one attached hydrogen (secondary N) is 1. The number of H-pyrrole nitrogens is 1. The van der Waals surface area contributed by atoms with Crippen LogP contribution >= 0.6 is 0 Å². The molecule has 0 aliphatic rings. The predicted octanol–water partition coefficient (Wildman–Crippen LogP) is 1.20. The minimum Gasteiger partial charge on any atom is -0.380 e. The summed E-state index contributed by atoms with van der Waals surface area (Å²) < 4.78 is 13.5. The lowest BCUT2D eigenvalue weighted by Gasteiger charge is -2.02. The molecule has 0 saturated carbocycles. The molecule has 0 spiro atoms. The third-order valence-corrected chi connectivity index (χ3v) is 2.10. The molecule has 0 amide bonds. The monoisotopic (exact) mass is 207 g/mol. The first kappa shape index (κ1) is 9.57. The van der Waals surface area contributed by atoms with Crippen molar-refractivity contribution in [1.82, 2.24) is 20.4 Å². The molecule has 2 heterocycles. The highest BCUT2D eigenvalue weighted by Crippen LogP contribution is 2.25. The Hall–Kier alpha value is -1.98. The van der Waals surface area contributed by atoms with Crippen LogP contribution in [0.4, 0.5) is 10.2 Å². The van der Waals surface area contributed by atoms with Gasteiger partial charge in [0, 0.05) is 5.56 Å². The third kappa shape index (κ3) is 1.54. The molecule has 78 valence electrons. The molecule has 6 heteroatoms. The maximum atomic E-state index is 13.5. The molecular weight excluding hydrogens is 197 g/mol. The zero-order valence-electron chi connectivity index (χ0n) is 8.37. The van der Waals surface area contributed by atoms with Gasteiger partial charge >= 0.3 is 0 Å². The van der Waals surface area contributed by atoms with Crippen molar-refractivity contribution < 1.29 is 4.39 Å². The maximum Gasteiger partial charge on any atom is 0.192 e. The second-order valence-corrected chi connectivity index (χ2v) is 3.28. The van der Waals surface area contributed by atoms with E-state index in [-0.39, 0.29) is 11.5 Å². The Morgan fingerprint density at radius 3 is 2.67 bits per heavy atom. The van der Waals surface area contributed by atoms with Gasteiger partial charge in [0.2, 0.25) is 0 Å². The number of halogens is 1. The van der Waals surface area contributed by atoms with Crippen LogP contribution in [-0.2, 0) is 0 Å². The predicted molar refractivity (Wildman–Crippen MR) is 53.5 cm³/mol. The van der Waals surface area contributed by atoms with Crippen molar-refractivity contribution in [3.8, 4) is 11.3 Å². The van der Waals surface area contributed by atoms with Gasteiger partial charge in [0.25, 0.3) is 0 Å². The van der Waals surface area contributed by atoms with Gasteiger partial charge < -0.3 is 5.73 Å². The summed E-state index contributed by atoms with van der Waals surface area (Å²) >= 11 is 0. The molecule has 0 bridgehead atoms. The Kier molecular flexibility index (Phi) is 2.11. The van der Waals surface area contributed by atoms with E-state index in [1.165, 1.54) is 0 Å². The lowest BCUT2D eigenvalue weighted by molar-refractivity contribution is 0.636. The van der Waals surface area contributed by atoms with E-state index in [1.54, 1.807) is 19.9 Å². The van der Waals surface area contributed by atoms with Crippen molar-refractivity contribution in [3.63, 3.8) is 0 Å². The van der Waals surface area contributed by atoms with Crippen LogP contribution in [-0.4, -0.2) is 20.4 Å². The molecule has 3 N–H and O–H groups in total. The standard InChI is InChI=1S/C9H10FN5/c1-4-3-6(5(2)13-12-4)8-7(10)9(11)15-14-8/h3H,1-2H3,(H3,11,14,15). The van der Waals surface area contributed by atoms with E-state index in [0.717, 1.165) is 0 Å². The summed E-state index contributed by atoms with van der Waals surface area (Å²) in [6, 6.07) is 1.73. The molecule has 0 fully saturated rings. The van der Waals surface area contributed by atoms with E-state index in [4.69, 9.17) is 5.73 Å². The molecule has 0 saturated heterocycles. The molecule has 2 aromatic rings. The van der Waals surface area contributed by atoms with E-state index < -0.39 is 5.82 Å². The fourth-order valence-electron chi connectivity index (χ4n) is 1.32. The Morgan fingerprint density at radius 2 is 2.07 bits per heavy atom. The van der Waals surface area contributed by atoms with Crippen LogP contribution in [0.5, 0.6) is 0 Å². The summed E-state index contributed by atoms with van der Waals surface area (Å²) in [5.74, 6) is -0.690. The second kappa shape index (κ2) is 3.30. The summed E-state index contributed by atoms with van der Waals surface area (Å²) in [4.78, 5) is 0. The maximum absolute atomic E-state index is 13.5. The average molecular weight is 207 g/mol. The van der Waals surface area contributed by atoms with Crippen LogP contribution < -0.4 is 5.73 Å². The van der Waals surface area contributed by atoms with Crippen molar-refractivity contribution >= 4 is 5.82 Å². The fraction of sp³-hybridized carbons (Fsp3) is 0.222. The highest BCUT2D eigenvalue weighted by Gasteiger charge is 2.15. The Morgan fingerprint density at radius 1 is 1.33 bits per heavy atom. The zero-order valence-corrected chi connectivity index (χ0v) is 8.37. The first-order valence-electron chi connectivity index (χ1n) is 4.40. The number of nitrogens with zero attached hydrogens (tertiary/aromatic N) is 3. The molecule has 0 aliphatic carbocycles. The van der Waals surface area contributed by atoms with Gasteiger partial charge in [-0.1, -0.05) is 0 Å². The summed E-state index contributed by atoms with van der Waals surface area (Å²) in [6.07, 6.45) is 0. The molecule has 2 aromatic heterocycles. The summed E-state index contributed by atoms with van der Waals surface area (Å²) in [6.45, 7) is 3.53. The van der Waals surface area contributed by atoms with E-state index in [0.29, 0.717) is 17.0 Å². The topological polar surface area (TPSA) is 80.5 Å². The van der Waals surface area contributed by atoms with Crippen LogP contribution in [0.1, 0.15) is 11.4 Å². The van der Waals surface area contributed by atoms with Crippen LogP contribution in [0.15, 0.2) is 6.07 Å². The number of aryl methyl sites for hydroxylation is 2. The number of hydrogen-bond acceptors (Lipinski definition) is 4. The zero-order chi connectivity index (χ0) is 11.0. The quantitative estimate of drug-likeness (QED) is 0.736. The normalized spacial score (nSPS) is 10.6. The minimum atomic E-state index is -0.550. The Labute approximate surface area is 85.5 Å². The van der Waals surface area contributed by atoms with Crippen LogP contribution in [0.3, 0.4) is 0 Å². The van der Waals surface area contributed by atoms with Gasteiger partial charge in [0.15, 0.2) is 11.6 Å². The summed E-state index contributed by atoms with van der Waals surface area (Å²) in [5.41, 5.74) is 7.53. The second-order valence-electron chi connectivity index (χ2n) is 3.28. The average Bonchev–Trinajstić information content (AvgIpc) is 2.52. The van der Waals surface area contributed by atoms with E-state index in [2.05, 4.69) is 20.4 Å². The van der Waals surface area contributed by atoms with Crippen molar-refractivity contribution in [1.29, 1.82) is 0 Å². The smallest absolute Gasteiger partial charge is 0.192 e. The molecule has 0 unspecified atom stereocenters. The molecule has 0 aliphatic heterocycles. The third-order valence-electron chi connectivity index (χ3n) is 2.10. The van der Waals surface area contributed by atoms with E-state index in [1.807, 2.05) is 0 Å². The molecule has 0 atom stereocenters. The highest BCUT2D eigenvalue weighted by atomic mass is 19.1. The number of nitrogens with two attached hydrogens (primary N) is 1. The van der Waals surface area contributed by atoms with E-state index >= 15 is 0 Å². The molecule has 5 nitrogen and oxygen atoms in total. The molecular formula is C9H10FN5.